The van der Waals surface area contributed by atoms with Crippen LogP contribution in [0.15, 0.2) is 83.9 Å². The predicted molar refractivity (Wildman–Crippen MR) is 99.4 cm³/mol. The second-order valence-electron chi connectivity index (χ2n) is 5.31. The molecule has 0 saturated heterocycles. The highest BCUT2D eigenvalue weighted by Crippen LogP contribution is 2.23. The van der Waals surface area contributed by atoms with Crippen LogP contribution in [0.2, 0.25) is 0 Å². The molecular weight excluding hydrogens is 280 g/mol. The molecular formula is C21H20N2. The Labute approximate surface area is 137 Å². The Balaban J connectivity index is 1.97. The number of nitrogens with zero attached hydrogens (tertiary/aromatic N) is 1. The first-order chi connectivity index (χ1) is 11.3. The topological polar surface area (TPSA) is 24.4 Å². The van der Waals surface area contributed by atoms with Gasteiger partial charge in [-0.15, -0.1) is 0 Å². The smallest absolute Gasteiger partial charge is 0.0736 e. The second-order valence-corrected chi connectivity index (χ2v) is 5.31. The maximum Gasteiger partial charge on any atom is 0.0736 e. The fraction of sp³-hybridized carbons (Fsp3) is 0.0952. The van der Waals surface area contributed by atoms with Crippen molar-refractivity contribution in [3.8, 4) is 11.1 Å². The molecule has 3 aromatic rings. The summed E-state index contributed by atoms with van der Waals surface area (Å²) in [5, 5.41) is 3.24. The zero-order chi connectivity index (χ0) is 16.1. The molecule has 3 aromatic carbocycles. The van der Waals surface area contributed by atoms with Crippen molar-refractivity contribution in [2.75, 3.05) is 19.4 Å². The molecule has 0 bridgehead atoms. The van der Waals surface area contributed by atoms with Gasteiger partial charge in [-0.25, -0.2) is 0 Å². The standard InChI is InChI=1S/C21H20N2/c1-22-20-11-7-6-10-19(20)21(23-2)18-14-12-17(13-15-18)16-8-4-3-5-9-16/h3-15,22H,1-2H3/b23-21-. The van der Waals surface area contributed by atoms with Gasteiger partial charge in [0, 0.05) is 30.9 Å². The molecule has 3 rings (SSSR count). The van der Waals surface area contributed by atoms with Gasteiger partial charge in [0.25, 0.3) is 0 Å². The van der Waals surface area contributed by atoms with Crippen LogP contribution < -0.4 is 5.32 Å². The molecule has 0 spiro atoms. The van der Waals surface area contributed by atoms with Crippen LogP contribution in [0.1, 0.15) is 11.1 Å². The third-order valence-electron chi connectivity index (χ3n) is 3.94. The van der Waals surface area contributed by atoms with Crippen molar-refractivity contribution in [1.82, 2.24) is 0 Å². The van der Waals surface area contributed by atoms with Gasteiger partial charge in [-0.05, 0) is 17.2 Å². The van der Waals surface area contributed by atoms with Gasteiger partial charge in [-0.3, -0.25) is 4.99 Å². The van der Waals surface area contributed by atoms with Gasteiger partial charge in [0.05, 0.1) is 5.71 Å². The van der Waals surface area contributed by atoms with Crippen molar-refractivity contribution < 1.29 is 0 Å². The molecule has 0 aliphatic carbocycles. The minimum atomic E-state index is 0.995. The van der Waals surface area contributed by atoms with Gasteiger partial charge < -0.3 is 5.32 Å². The summed E-state index contributed by atoms with van der Waals surface area (Å²) in [5.74, 6) is 0. The highest BCUT2D eigenvalue weighted by Gasteiger charge is 2.10. The Hall–Kier alpha value is -2.87. The zero-order valence-corrected chi connectivity index (χ0v) is 13.5. The number of anilines is 1. The van der Waals surface area contributed by atoms with Gasteiger partial charge in [0.15, 0.2) is 0 Å². The second kappa shape index (κ2) is 6.93. The van der Waals surface area contributed by atoms with E-state index in [2.05, 4.69) is 71.0 Å². The van der Waals surface area contributed by atoms with Crippen LogP contribution in [-0.4, -0.2) is 19.8 Å². The highest BCUT2D eigenvalue weighted by atomic mass is 14.8. The summed E-state index contributed by atoms with van der Waals surface area (Å²) in [7, 11) is 3.78. The number of rotatable bonds is 4. The fourth-order valence-electron chi connectivity index (χ4n) is 2.76. The summed E-state index contributed by atoms with van der Waals surface area (Å²) in [6.07, 6.45) is 0. The van der Waals surface area contributed by atoms with E-state index in [0.717, 1.165) is 22.5 Å². The van der Waals surface area contributed by atoms with Crippen molar-refractivity contribution in [2.24, 2.45) is 4.99 Å². The quantitative estimate of drug-likeness (QED) is 0.683. The van der Waals surface area contributed by atoms with Crippen LogP contribution in [0.25, 0.3) is 11.1 Å². The number of para-hydroxylation sites is 1. The molecule has 0 aliphatic rings. The molecule has 0 aromatic heterocycles. The molecule has 0 radical (unpaired) electrons. The van der Waals surface area contributed by atoms with Gasteiger partial charge in [-0.2, -0.15) is 0 Å². The van der Waals surface area contributed by atoms with E-state index in [-0.39, 0.29) is 0 Å². The molecule has 0 saturated carbocycles. The normalized spacial score (nSPS) is 11.3. The number of hydrogen-bond donors (Lipinski definition) is 1. The van der Waals surface area contributed by atoms with Crippen LogP contribution in [-0.2, 0) is 0 Å². The Morgan fingerprint density at radius 2 is 1.35 bits per heavy atom. The minimum absolute atomic E-state index is 0.995. The lowest BCUT2D eigenvalue weighted by Crippen LogP contribution is -2.06. The highest BCUT2D eigenvalue weighted by molar-refractivity contribution is 6.16. The molecule has 0 aliphatic heterocycles. The lowest BCUT2D eigenvalue weighted by Gasteiger charge is -2.12. The van der Waals surface area contributed by atoms with E-state index >= 15 is 0 Å². The Bertz CT molecular complexity index is 803. The van der Waals surface area contributed by atoms with Crippen LogP contribution in [0, 0.1) is 0 Å². The van der Waals surface area contributed by atoms with Crippen LogP contribution in [0.4, 0.5) is 5.69 Å². The maximum absolute atomic E-state index is 4.52. The lowest BCUT2D eigenvalue weighted by atomic mass is 9.97. The van der Waals surface area contributed by atoms with Crippen molar-refractivity contribution >= 4 is 11.4 Å². The molecule has 2 heteroatoms. The third kappa shape index (κ3) is 3.16. The first-order valence-corrected chi connectivity index (χ1v) is 7.73. The summed E-state index contributed by atoms with van der Waals surface area (Å²) in [6.45, 7) is 0. The average Bonchev–Trinajstić information content (AvgIpc) is 2.64. The molecule has 0 amide bonds. The molecule has 0 fully saturated rings. The molecule has 0 atom stereocenters. The van der Waals surface area contributed by atoms with E-state index in [1.165, 1.54) is 11.1 Å². The van der Waals surface area contributed by atoms with E-state index in [9.17, 15) is 0 Å². The number of aliphatic imine (C=N–C) groups is 1. The summed E-state index contributed by atoms with van der Waals surface area (Å²) in [6, 6.07) is 27.2. The summed E-state index contributed by atoms with van der Waals surface area (Å²) < 4.78 is 0. The monoisotopic (exact) mass is 300 g/mol. The van der Waals surface area contributed by atoms with E-state index in [4.69, 9.17) is 0 Å². The fourth-order valence-corrected chi connectivity index (χ4v) is 2.76. The van der Waals surface area contributed by atoms with Crippen molar-refractivity contribution in [3.63, 3.8) is 0 Å². The van der Waals surface area contributed by atoms with Crippen molar-refractivity contribution in [1.29, 1.82) is 0 Å². The van der Waals surface area contributed by atoms with E-state index in [0.29, 0.717) is 0 Å². The van der Waals surface area contributed by atoms with Gasteiger partial charge >= 0.3 is 0 Å². The van der Waals surface area contributed by atoms with Gasteiger partial charge in [0.2, 0.25) is 0 Å². The van der Waals surface area contributed by atoms with Crippen LogP contribution in [0.5, 0.6) is 0 Å². The summed E-state index contributed by atoms with van der Waals surface area (Å²) in [4.78, 5) is 4.52. The van der Waals surface area contributed by atoms with Gasteiger partial charge in [-0.1, -0.05) is 72.8 Å². The SMILES string of the molecule is C/N=C(/c1ccc(-c2ccccc2)cc1)c1ccccc1NC. The number of nitrogens with one attached hydrogen (secondary N) is 1. The van der Waals surface area contributed by atoms with E-state index in [1.807, 2.05) is 32.3 Å². The molecule has 0 heterocycles. The van der Waals surface area contributed by atoms with Crippen molar-refractivity contribution in [2.45, 2.75) is 0 Å². The minimum Gasteiger partial charge on any atom is -0.388 e. The zero-order valence-electron chi connectivity index (χ0n) is 13.5. The molecule has 23 heavy (non-hydrogen) atoms. The molecule has 0 unspecified atom stereocenters. The molecule has 114 valence electrons. The maximum atomic E-state index is 4.52. The Morgan fingerprint density at radius 1 is 0.739 bits per heavy atom. The first-order valence-electron chi connectivity index (χ1n) is 7.73. The summed E-state index contributed by atoms with van der Waals surface area (Å²) in [5.41, 5.74) is 6.76. The van der Waals surface area contributed by atoms with Crippen LogP contribution >= 0.6 is 0 Å². The third-order valence-corrected chi connectivity index (χ3v) is 3.94. The molecule has 1 N–H and O–H groups in total. The number of hydrogen-bond acceptors (Lipinski definition) is 2. The Morgan fingerprint density at radius 3 is 2.00 bits per heavy atom. The summed E-state index contributed by atoms with van der Waals surface area (Å²) >= 11 is 0. The predicted octanol–water partition coefficient (Wildman–Crippen LogP) is 4.86. The lowest BCUT2D eigenvalue weighted by molar-refractivity contribution is 1.40. The first kappa shape index (κ1) is 15.0. The van der Waals surface area contributed by atoms with Gasteiger partial charge in [0.1, 0.15) is 0 Å². The average molecular weight is 300 g/mol. The van der Waals surface area contributed by atoms with Crippen molar-refractivity contribution in [3.05, 3.63) is 90.0 Å². The largest absolute Gasteiger partial charge is 0.388 e. The Kier molecular flexibility index (Phi) is 4.53. The van der Waals surface area contributed by atoms with Crippen LogP contribution in [0.3, 0.4) is 0 Å². The van der Waals surface area contributed by atoms with E-state index in [1.54, 1.807) is 0 Å². The number of benzene rings is 3. The molecule has 2 nitrogen and oxygen atoms in total. The van der Waals surface area contributed by atoms with E-state index < -0.39 is 0 Å².